The fourth-order valence-electron chi connectivity index (χ4n) is 3.18. The zero-order valence-corrected chi connectivity index (χ0v) is 22.0. The number of aryl methyl sites for hydroxylation is 3. The average molecular weight is 523 g/mol. The van der Waals surface area contributed by atoms with Gasteiger partial charge in [-0.1, -0.05) is 5.16 Å². The lowest BCUT2D eigenvalue weighted by Gasteiger charge is -2.16. The van der Waals surface area contributed by atoms with Crippen LogP contribution >= 0.6 is 11.6 Å². The van der Waals surface area contributed by atoms with Gasteiger partial charge in [-0.15, -0.1) is 11.6 Å². The summed E-state index contributed by atoms with van der Waals surface area (Å²) < 4.78 is 11.2. The molecule has 36 heavy (non-hydrogen) atoms. The first-order valence-corrected chi connectivity index (χ1v) is 12.1. The lowest BCUT2D eigenvalue weighted by atomic mass is 10.1. The van der Waals surface area contributed by atoms with Crippen LogP contribution in [0, 0.1) is 20.8 Å². The van der Waals surface area contributed by atoms with Gasteiger partial charge in [0, 0.05) is 30.4 Å². The lowest BCUT2D eigenvalue weighted by molar-refractivity contribution is 0.0532. The molecule has 0 saturated carbocycles. The van der Waals surface area contributed by atoms with Crippen molar-refractivity contribution >= 4 is 17.4 Å². The molecule has 2 heterocycles. The van der Waals surface area contributed by atoms with Crippen LogP contribution in [-0.4, -0.2) is 87.1 Å². The molecule has 1 aromatic carbocycles. The molecule has 0 fully saturated rings. The number of rotatable bonds is 10. The Bertz CT molecular complexity index is 1080. The van der Waals surface area contributed by atoms with E-state index in [1.807, 2.05) is 57.0 Å². The second kappa shape index (κ2) is 14.1. The minimum atomic E-state index is -0.913. The first kappa shape index (κ1) is 29.5. The molecule has 4 N–H and O–H groups in total. The fraction of sp³-hybridized carbons (Fsp3) is 0.480. The second-order valence-corrected chi connectivity index (χ2v) is 8.68. The number of ether oxygens (including phenoxy) is 1. The van der Waals surface area contributed by atoms with E-state index in [2.05, 4.69) is 22.0 Å². The number of pyridine rings is 1. The Kier molecular flexibility index (Phi) is 11.5. The molecule has 2 atom stereocenters. The third kappa shape index (κ3) is 8.14. The predicted molar refractivity (Wildman–Crippen MR) is 139 cm³/mol. The molecule has 0 aliphatic carbocycles. The standard InChI is InChI=1S/C22H28N4O4.C3H7ClO2/c1-6-26(5)19-10-17(9-15(4)23-19)22-24-21(25-30-22)16-7-13(2)20(14(3)8-16)29-12-18(28)11-27;4-1-3(6)2-5/h7-10,18,27-28H,6,11-12H2,1-5H3;3,5-6H,1-2H2/t18-;3-/m11/s1. The molecular weight excluding hydrogens is 488 g/mol. The Morgan fingerprint density at radius 2 is 1.61 bits per heavy atom. The Hall–Kier alpha value is -2.76. The fourth-order valence-corrected chi connectivity index (χ4v) is 3.28. The van der Waals surface area contributed by atoms with Crippen molar-refractivity contribution in [3.63, 3.8) is 0 Å². The van der Waals surface area contributed by atoms with Gasteiger partial charge in [0.15, 0.2) is 0 Å². The van der Waals surface area contributed by atoms with E-state index in [0.717, 1.165) is 40.3 Å². The number of anilines is 1. The molecule has 3 aromatic rings. The monoisotopic (exact) mass is 522 g/mol. The van der Waals surface area contributed by atoms with Gasteiger partial charge in [0.1, 0.15) is 24.3 Å². The van der Waals surface area contributed by atoms with E-state index in [0.29, 0.717) is 17.5 Å². The van der Waals surface area contributed by atoms with Gasteiger partial charge in [0.25, 0.3) is 5.89 Å². The van der Waals surface area contributed by atoms with Crippen molar-refractivity contribution in [1.29, 1.82) is 0 Å². The zero-order valence-electron chi connectivity index (χ0n) is 21.3. The van der Waals surface area contributed by atoms with Crippen molar-refractivity contribution in [2.75, 3.05) is 44.2 Å². The third-order valence-corrected chi connectivity index (χ3v) is 5.57. The number of hydrogen-bond donors (Lipinski definition) is 4. The highest BCUT2D eigenvalue weighted by Gasteiger charge is 2.16. The van der Waals surface area contributed by atoms with Gasteiger partial charge in [-0.2, -0.15) is 4.98 Å². The van der Waals surface area contributed by atoms with Crippen LogP contribution in [0.4, 0.5) is 5.82 Å². The molecule has 0 unspecified atom stereocenters. The van der Waals surface area contributed by atoms with E-state index in [-0.39, 0.29) is 25.7 Å². The van der Waals surface area contributed by atoms with Gasteiger partial charge in [-0.3, -0.25) is 0 Å². The van der Waals surface area contributed by atoms with Crippen LogP contribution in [0.2, 0.25) is 0 Å². The molecule has 0 saturated heterocycles. The van der Waals surface area contributed by atoms with E-state index in [1.54, 1.807) is 0 Å². The van der Waals surface area contributed by atoms with Crippen LogP contribution in [-0.2, 0) is 0 Å². The number of nitrogens with zero attached hydrogens (tertiary/aromatic N) is 4. The largest absolute Gasteiger partial charge is 0.490 e. The maximum Gasteiger partial charge on any atom is 0.258 e. The molecule has 11 heteroatoms. The topological polar surface area (TPSA) is 145 Å². The maximum absolute atomic E-state index is 9.52. The second-order valence-electron chi connectivity index (χ2n) is 8.37. The molecule has 0 radical (unpaired) electrons. The van der Waals surface area contributed by atoms with E-state index < -0.39 is 12.2 Å². The van der Waals surface area contributed by atoms with Gasteiger partial charge in [-0.25, -0.2) is 4.98 Å². The molecule has 10 nitrogen and oxygen atoms in total. The summed E-state index contributed by atoms with van der Waals surface area (Å²) in [7, 11) is 1.99. The number of hydrogen-bond acceptors (Lipinski definition) is 10. The summed E-state index contributed by atoms with van der Waals surface area (Å²) in [6.45, 7) is 8.11. The van der Waals surface area contributed by atoms with Crippen molar-refractivity contribution < 1.29 is 29.7 Å². The maximum atomic E-state index is 9.52. The van der Waals surface area contributed by atoms with Crippen LogP contribution < -0.4 is 9.64 Å². The van der Waals surface area contributed by atoms with Crippen LogP contribution in [0.3, 0.4) is 0 Å². The molecule has 0 spiro atoms. The lowest BCUT2D eigenvalue weighted by Crippen LogP contribution is -2.21. The van der Waals surface area contributed by atoms with Crippen LogP contribution in [0.25, 0.3) is 22.8 Å². The molecule has 198 valence electrons. The smallest absolute Gasteiger partial charge is 0.258 e. The van der Waals surface area contributed by atoms with Crippen molar-refractivity contribution in [3.8, 4) is 28.6 Å². The van der Waals surface area contributed by atoms with Gasteiger partial charge < -0.3 is 34.6 Å². The summed E-state index contributed by atoms with van der Waals surface area (Å²) in [5.41, 5.74) is 4.27. The number of benzene rings is 1. The molecule has 2 aromatic heterocycles. The highest BCUT2D eigenvalue weighted by Crippen LogP contribution is 2.31. The van der Waals surface area contributed by atoms with E-state index in [4.69, 9.17) is 36.2 Å². The van der Waals surface area contributed by atoms with E-state index in [9.17, 15) is 5.11 Å². The average Bonchev–Trinajstić information content (AvgIpc) is 3.37. The highest BCUT2D eigenvalue weighted by atomic mass is 35.5. The Morgan fingerprint density at radius 1 is 0.972 bits per heavy atom. The van der Waals surface area contributed by atoms with E-state index in [1.165, 1.54) is 0 Å². The molecule has 3 rings (SSSR count). The van der Waals surface area contributed by atoms with Crippen molar-refractivity contribution in [1.82, 2.24) is 15.1 Å². The predicted octanol–water partition coefficient (Wildman–Crippen LogP) is 2.49. The van der Waals surface area contributed by atoms with Gasteiger partial charge in [0.05, 0.1) is 25.2 Å². The first-order valence-electron chi connectivity index (χ1n) is 11.6. The molecule has 0 amide bonds. The number of aliphatic hydroxyl groups is 4. The summed E-state index contributed by atoms with van der Waals surface area (Å²) in [5.74, 6) is 2.55. The summed E-state index contributed by atoms with van der Waals surface area (Å²) in [6.07, 6.45) is -1.66. The molecular formula is C25H35ClN4O6. The zero-order chi connectivity index (χ0) is 26.8. The first-order chi connectivity index (χ1) is 17.1. The van der Waals surface area contributed by atoms with Gasteiger partial charge in [0.2, 0.25) is 5.82 Å². The summed E-state index contributed by atoms with van der Waals surface area (Å²) in [4.78, 5) is 11.2. The normalized spacial score (nSPS) is 12.5. The van der Waals surface area contributed by atoms with Crippen molar-refractivity contribution in [2.24, 2.45) is 0 Å². The quantitative estimate of drug-likeness (QED) is 0.293. The Labute approximate surface area is 216 Å². The van der Waals surface area contributed by atoms with Crippen LogP contribution in [0.1, 0.15) is 23.7 Å². The minimum absolute atomic E-state index is 0.0276. The summed E-state index contributed by atoms with van der Waals surface area (Å²) in [6, 6.07) is 7.69. The van der Waals surface area contributed by atoms with Crippen LogP contribution in [0.15, 0.2) is 28.8 Å². The van der Waals surface area contributed by atoms with Crippen LogP contribution in [0.5, 0.6) is 5.75 Å². The Morgan fingerprint density at radius 3 is 2.14 bits per heavy atom. The van der Waals surface area contributed by atoms with E-state index >= 15 is 0 Å². The molecule has 0 aliphatic heterocycles. The molecule has 0 bridgehead atoms. The third-order valence-electron chi connectivity index (χ3n) is 5.22. The summed E-state index contributed by atoms with van der Waals surface area (Å²) in [5, 5.41) is 38.9. The number of halogens is 1. The number of aromatic nitrogens is 3. The number of aliphatic hydroxyl groups excluding tert-OH is 4. The minimum Gasteiger partial charge on any atom is -0.490 e. The Balaban J connectivity index is 0.000000678. The van der Waals surface area contributed by atoms with Crippen molar-refractivity contribution in [3.05, 3.63) is 41.1 Å². The highest BCUT2D eigenvalue weighted by molar-refractivity contribution is 6.18. The van der Waals surface area contributed by atoms with Gasteiger partial charge in [-0.05, 0) is 63.1 Å². The molecule has 0 aliphatic rings. The number of alkyl halides is 1. The summed E-state index contributed by atoms with van der Waals surface area (Å²) >= 11 is 5.04. The van der Waals surface area contributed by atoms with Crippen molar-refractivity contribution in [2.45, 2.75) is 39.9 Å². The SMILES string of the molecule is CCN(C)c1cc(-c2nc(-c3cc(C)c(OC[C@H](O)CO)c(C)c3)no2)cc(C)n1.OC[C@H](O)CCl. The van der Waals surface area contributed by atoms with Gasteiger partial charge >= 0.3 is 0 Å².